The molecule has 0 radical (unpaired) electrons. The highest BCUT2D eigenvalue weighted by Crippen LogP contribution is 2.33. The van der Waals surface area contributed by atoms with Crippen LogP contribution in [0.25, 0.3) is 38.7 Å². The first kappa shape index (κ1) is 26.1. The van der Waals surface area contributed by atoms with Crippen LogP contribution < -0.4 is 0 Å². The van der Waals surface area contributed by atoms with Gasteiger partial charge >= 0.3 is 0 Å². The minimum Gasteiger partial charge on any atom is -0.232 e. The predicted octanol–water partition coefficient (Wildman–Crippen LogP) is 10.6. The van der Waals surface area contributed by atoms with Crippen LogP contribution in [0.1, 0.15) is 23.1 Å². The van der Waals surface area contributed by atoms with Crippen molar-refractivity contribution < 1.29 is 0 Å². The Balaban J connectivity index is 1.38. The molecule has 0 N–H and O–H groups in total. The molecule has 0 atom stereocenters. The zero-order chi connectivity index (χ0) is 28.3. The number of aliphatic imine (C=N–C) groups is 2. The van der Waals surface area contributed by atoms with Crippen molar-refractivity contribution in [1.29, 1.82) is 0 Å². The molecule has 42 heavy (non-hydrogen) atoms. The number of fused-ring (bicyclic) bond motifs is 1. The topological polar surface area (TPSA) is 24.7 Å². The maximum absolute atomic E-state index is 5.26. The quantitative estimate of drug-likeness (QED) is 0.187. The third-order valence-corrected chi connectivity index (χ3v) is 8.33. The lowest BCUT2D eigenvalue weighted by Crippen LogP contribution is -2.05. The largest absolute Gasteiger partial charge is 0.232 e. The van der Waals surface area contributed by atoms with Gasteiger partial charge in [-0.2, -0.15) is 0 Å². The van der Waals surface area contributed by atoms with Gasteiger partial charge in [0.25, 0.3) is 0 Å². The maximum Gasteiger partial charge on any atom is 0.160 e. The first-order valence-corrected chi connectivity index (χ1v) is 14.9. The molecule has 0 spiro atoms. The summed E-state index contributed by atoms with van der Waals surface area (Å²) in [5, 5.41) is 2.33. The number of hydrogen-bond acceptors (Lipinski definition) is 2. The van der Waals surface area contributed by atoms with Gasteiger partial charge in [0.1, 0.15) is 0 Å². The molecular formula is C39H27BrN2. The minimum absolute atomic E-state index is 0.670. The Morgan fingerprint density at radius 1 is 0.452 bits per heavy atom. The highest BCUT2D eigenvalue weighted by Gasteiger charge is 2.17. The molecule has 1 aliphatic rings. The zero-order valence-electron chi connectivity index (χ0n) is 22.9. The van der Waals surface area contributed by atoms with Crippen molar-refractivity contribution in [3.05, 3.63) is 173 Å². The molecule has 6 aromatic carbocycles. The smallest absolute Gasteiger partial charge is 0.160 e. The summed E-state index contributed by atoms with van der Waals surface area (Å²) < 4.78 is 1.07. The molecule has 0 bridgehead atoms. The number of nitrogens with zero attached hydrogens (tertiary/aromatic N) is 2. The Bertz CT molecular complexity index is 2000. The molecule has 6 aromatic rings. The average Bonchev–Trinajstić information content (AvgIpc) is 3.30. The fourth-order valence-corrected chi connectivity index (χ4v) is 5.97. The van der Waals surface area contributed by atoms with Gasteiger partial charge in [0.15, 0.2) is 5.84 Å². The van der Waals surface area contributed by atoms with Crippen LogP contribution in [-0.2, 0) is 0 Å². The second-order valence-electron chi connectivity index (χ2n) is 10.3. The first-order valence-electron chi connectivity index (χ1n) is 14.1. The molecule has 200 valence electrons. The number of benzene rings is 6. The molecule has 0 saturated carbocycles. The van der Waals surface area contributed by atoms with Gasteiger partial charge in [-0.25, -0.2) is 9.98 Å². The molecule has 0 amide bonds. The molecule has 2 nitrogen and oxygen atoms in total. The van der Waals surface area contributed by atoms with Crippen LogP contribution in [0.2, 0.25) is 0 Å². The van der Waals surface area contributed by atoms with Crippen molar-refractivity contribution >= 4 is 43.9 Å². The Hall–Kier alpha value is -4.86. The monoisotopic (exact) mass is 602 g/mol. The van der Waals surface area contributed by atoms with E-state index in [-0.39, 0.29) is 0 Å². The molecular weight excluding hydrogens is 576 g/mol. The fourth-order valence-electron chi connectivity index (χ4n) is 5.50. The van der Waals surface area contributed by atoms with E-state index in [0.29, 0.717) is 12.3 Å². The van der Waals surface area contributed by atoms with Crippen LogP contribution in [0.4, 0.5) is 0 Å². The number of hydrogen-bond donors (Lipinski definition) is 0. The summed E-state index contributed by atoms with van der Waals surface area (Å²) in [6.45, 7) is 0. The summed E-state index contributed by atoms with van der Waals surface area (Å²) in [5.41, 5.74) is 9.78. The molecule has 0 fully saturated rings. The van der Waals surface area contributed by atoms with E-state index in [9.17, 15) is 0 Å². The van der Waals surface area contributed by atoms with E-state index >= 15 is 0 Å². The highest BCUT2D eigenvalue weighted by molar-refractivity contribution is 9.10. The Kier molecular flexibility index (Phi) is 7.17. The normalized spacial score (nSPS) is 13.2. The molecule has 0 unspecified atom stereocenters. The molecule has 1 aliphatic heterocycles. The van der Waals surface area contributed by atoms with Gasteiger partial charge in [-0.05, 0) is 56.8 Å². The molecule has 0 aromatic heterocycles. The summed E-state index contributed by atoms with van der Waals surface area (Å²) in [5.74, 6) is 0.712. The summed E-state index contributed by atoms with van der Waals surface area (Å²) in [6.07, 6.45) is 2.89. The summed E-state index contributed by atoms with van der Waals surface area (Å²) in [4.78, 5) is 10.5. The third kappa shape index (κ3) is 5.27. The number of halogens is 1. The van der Waals surface area contributed by atoms with E-state index in [1.165, 1.54) is 22.1 Å². The van der Waals surface area contributed by atoms with Crippen molar-refractivity contribution in [2.75, 3.05) is 0 Å². The second-order valence-corrected chi connectivity index (χ2v) is 11.2. The highest BCUT2D eigenvalue weighted by atomic mass is 79.9. The van der Waals surface area contributed by atoms with E-state index < -0.39 is 0 Å². The Morgan fingerprint density at radius 2 is 1.00 bits per heavy atom. The van der Waals surface area contributed by atoms with Crippen LogP contribution in [0, 0.1) is 0 Å². The van der Waals surface area contributed by atoms with Crippen LogP contribution >= 0.6 is 15.9 Å². The van der Waals surface area contributed by atoms with Crippen molar-refractivity contribution in [2.24, 2.45) is 9.98 Å². The summed E-state index contributed by atoms with van der Waals surface area (Å²) in [7, 11) is 0. The molecule has 0 saturated heterocycles. The lowest BCUT2D eigenvalue weighted by atomic mass is 9.98. The van der Waals surface area contributed by atoms with E-state index in [0.717, 1.165) is 43.5 Å². The van der Waals surface area contributed by atoms with Crippen LogP contribution in [0.5, 0.6) is 0 Å². The van der Waals surface area contributed by atoms with Gasteiger partial charge in [0.2, 0.25) is 0 Å². The molecule has 0 aliphatic carbocycles. The first-order chi connectivity index (χ1) is 20.7. The van der Waals surface area contributed by atoms with E-state index in [2.05, 4.69) is 155 Å². The zero-order valence-corrected chi connectivity index (χ0v) is 24.5. The summed E-state index contributed by atoms with van der Waals surface area (Å²) in [6, 6.07) is 50.9. The van der Waals surface area contributed by atoms with E-state index in [4.69, 9.17) is 9.98 Å². The summed E-state index contributed by atoms with van der Waals surface area (Å²) >= 11 is 3.74. The van der Waals surface area contributed by atoms with Gasteiger partial charge in [-0.15, -0.1) is 0 Å². The third-order valence-electron chi connectivity index (χ3n) is 7.63. The maximum atomic E-state index is 5.26. The Morgan fingerprint density at radius 3 is 1.69 bits per heavy atom. The van der Waals surface area contributed by atoms with E-state index in [1.54, 1.807) is 0 Å². The number of allylic oxidation sites excluding steroid dienone is 1. The van der Waals surface area contributed by atoms with Gasteiger partial charge < -0.3 is 0 Å². The van der Waals surface area contributed by atoms with E-state index in [1.807, 2.05) is 12.1 Å². The van der Waals surface area contributed by atoms with Crippen molar-refractivity contribution in [3.8, 4) is 22.3 Å². The lowest BCUT2D eigenvalue weighted by molar-refractivity contribution is 1.43. The standard InChI is InChI=1S/C39H27BrN2/c40-36-22-21-35(33-19-7-8-20-34(33)36)38-24-23-37(31-17-9-15-29(25-31)27-11-3-1-4-12-27)41-39(42-38)32-18-10-16-30(26-32)28-13-5-2-6-14-28/h1-22,24-26H,23H2. The lowest BCUT2D eigenvalue weighted by Gasteiger charge is -2.10. The van der Waals surface area contributed by atoms with Crippen LogP contribution in [0.3, 0.4) is 0 Å². The van der Waals surface area contributed by atoms with Crippen LogP contribution in [0.15, 0.2) is 166 Å². The molecule has 3 heteroatoms. The average molecular weight is 604 g/mol. The SMILES string of the molecule is Brc1ccc(C2=CCC(c3cccc(-c4ccccc4)c3)=NC(c3cccc(-c4ccccc4)c3)=N2)c2ccccc12. The predicted molar refractivity (Wildman–Crippen MR) is 181 cm³/mol. The molecule has 1 heterocycles. The minimum atomic E-state index is 0.670. The van der Waals surface area contributed by atoms with Crippen molar-refractivity contribution in [2.45, 2.75) is 6.42 Å². The van der Waals surface area contributed by atoms with Crippen molar-refractivity contribution in [1.82, 2.24) is 0 Å². The van der Waals surface area contributed by atoms with Crippen LogP contribution in [-0.4, -0.2) is 11.5 Å². The van der Waals surface area contributed by atoms with Gasteiger partial charge in [0, 0.05) is 22.0 Å². The van der Waals surface area contributed by atoms with Gasteiger partial charge in [-0.3, -0.25) is 0 Å². The number of rotatable bonds is 5. The fraction of sp³-hybridized carbons (Fsp3) is 0.0256. The number of amidine groups is 1. The van der Waals surface area contributed by atoms with Gasteiger partial charge in [-0.1, -0.05) is 149 Å². The van der Waals surface area contributed by atoms with Crippen molar-refractivity contribution in [3.63, 3.8) is 0 Å². The molecule has 7 rings (SSSR count). The second kappa shape index (κ2) is 11.6. The Labute approximate surface area is 254 Å². The van der Waals surface area contributed by atoms with Gasteiger partial charge in [0.05, 0.1) is 11.4 Å².